The molecule has 0 aromatic heterocycles. The van der Waals surface area contributed by atoms with E-state index in [4.69, 9.17) is 10.5 Å². The fraction of sp³-hybridized carbons (Fsp3) is 1.00. The molecule has 1 saturated heterocycles. The van der Waals surface area contributed by atoms with Crippen LogP contribution < -0.4 is 5.73 Å². The topological polar surface area (TPSA) is 35.2 Å². The van der Waals surface area contributed by atoms with E-state index in [1.807, 2.05) is 0 Å². The van der Waals surface area contributed by atoms with Crippen molar-refractivity contribution in [1.29, 1.82) is 0 Å². The number of nitrogens with two attached hydrogens (primary N) is 1. The Bertz CT molecular complexity index is 144. The highest BCUT2D eigenvalue weighted by Crippen LogP contribution is 2.31. The van der Waals surface area contributed by atoms with Gasteiger partial charge in [0, 0.05) is 6.61 Å². The van der Waals surface area contributed by atoms with Gasteiger partial charge in [-0.2, -0.15) is 0 Å². The quantitative estimate of drug-likeness (QED) is 0.703. The van der Waals surface area contributed by atoms with Gasteiger partial charge in [0.15, 0.2) is 0 Å². The number of rotatable bonds is 4. The van der Waals surface area contributed by atoms with Crippen molar-refractivity contribution in [2.24, 2.45) is 5.73 Å². The average molecular weight is 201 g/mol. The summed E-state index contributed by atoms with van der Waals surface area (Å²) in [4.78, 5) is 0. The fourth-order valence-electron chi connectivity index (χ4n) is 2.22. The van der Waals surface area contributed by atoms with Crippen LogP contribution in [0.25, 0.3) is 0 Å². The summed E-state index contributed by atoms with van der Waals surface area (Å²) >= 11 is 0. The first-order chi connectivity index (χ1) is 6.21. The van der Waals surface area contributed by atoms with Crippen molar-refractivity contribution in [2.75, 3.05) is 13.2 Å². The Labute approximate surface area is 83.4 Å². The predicted molar refractivity (Wildman–Crippen MR) is 59.7 cm³/mol. The van der Waals surface area contributed by atoms with Crippen LogP contribution in [0.1, 0.15) is 32.1 Å². The van der Waals surface area contributed by atoms with Crippen LogP contribution in [0.2, 0.25) is 13.1 Å². The van der Waals surface area contributed by atoms with Gasteiger partial charge in [0.1, 0.15) is 0 Å². The Kier molecular flexibility index (Phi) is 4.42. The Morgan fingerprint density at radius 3 is 2.62 bits per heavy atom. The zero-order chi connectivity index (χ0) is 9.73. The molecule has 0 saturated carbocycles. The van der Waals surface area contributed by atoms with E-state index in [1.165, 1.54) is 25.7 Å². The summed E-state index contributed by atoms with van der Waals surface area (Å²) in [5.41, 5.74) is 5.56. The first kappa shape index (κ1) is 11.2. The molecule has 3 heteroatoms. The van der Waals surface area contributed by atoms with Gasteiger partial charge in [-0.3, -0.25) is 0 Å². The van der Waals surface area contributed by atoms with Crippen LogP contribution in [0.15, 0.2) is 0 Å². The van der Waals surface area contributed by atoms with Gasteiger partial charge in [0.05, 0.1) is 14.0 Å². The molecule has 0 amide bonds. The third kappa shape index (κ3) is 2.79. The van der Waals surface area contributed by atoms with Crippen molar-refractivity contribution in [3.63, 3.8) is 0 Å². The lowest BCUT2D eigenvalue weighted by Gasteiger charge is -2.40. The maximum atomic E-state index is 6.04. The normalized spacial score (nSPS) is 29.5. The van der Waals surface area contributed by atoms with Crippen molar-refractivity contribution in [3.8, 4) is 0 Å². The fourth-order valence-corrected chi connectivity index (χ4v) is 4.23. The van der Waals surface area contributed by atoms with Gasteiger partial charge < -0.3 is 10.5 Å². The molecule has 0 aliphatic carbocycles. The molecule has 1 aliphatic heterocycles. The van der Waals surface area contributed by atoms with Gasteiger partial charge >= 0.3 is 0 Å². The number of ether oxygens (including phenoxy) is 1. The largest absolute Gasteiger partial charge is 0.379 e. The van der Waals surface area contributed by atoms with E-state index in [0.717, 1.165) is 19.6 Å². The van der Waals surface area contributed by atoms with E-state index in [2.05, 4.69) is 13.1 Å². The summed E-state index contributed by atoms with van der Waals surface area (Å²) < 4.78 is 6.04. The molecule has 2 nitrogen and oxygen atoms in total. The zero-order valence-electron chi connectivity index (χ0n) is 9.01. The molecule has 0 bridgehead atoms. The van der Waals surface area contributed by atoms with Crippen LogP contribution in [-0.4, -0.2) is 27.2 Å². The van der Waals surface area contributed by atoms with Crippen molar-refractivity contribution in [2.45, 2.75) is 50.4 Å². The van der Waals surface area contributed by atoms with Crippen molar-refractivity contribution in [1.82, 2.24) is 0 Å². The van der Waals surface area contributed by atoms with E-state index in [-0.39, 0.29) is 5.22 Å². The Balaban J connectivity index is 2.51. The van der Waals surface area contributed by atoms with Gasteiger partial charge in [-0.25, -0.2) is 0 Å². The van der Waals surface area contributed by atoms with E-state index in [9.17, 15) is 0 Å². The van der Waals surface area contributed by atoms with Crippen molar-refractivity contribution in [3.05, 3.63) is 0 Å². The molecule has 1 fully saturated rings. The lowest BCUT2D eigenvalue weighted by Crippen LogP contribution is -2.47. The summed E-state index contributed by atoms with van der Waals surface area (Å²) in [5, 5.41) is 0.289. The number of hydrogen-bond donors (Lipinski definition) is 1. The monoisotopic (exact) mass is 201 g/mol. The van der Waals surface area contributed by atoms with Gasteiger partial charge in [-0.15, -0.1) is 0 Å². The first-order valence-corrected chi connectivity index (χ1v) is 8.44. The summed E-state index contributed by atoms with van der Waals surface area (Å²) in [6.45, 7) is 6.60. The van der Waals surface area contributed by atoms with Crippen molar-refractivity contribution >= 4 is 8.80 Å². The van der Waals surface area contributed by atoms with Crippen LogP contribution in [0, 0.1) is 0 Å². The van der Waals surface area contributed by atoms with Gasteiger partial charge in [-0.05, 0) is 38.6 Å². The van der Waals surface area contributed by atoms with Gasteiger partial charge in [0.25, 0.3) is 0 Å². The standard InChI is InChI=1S/C10H23NOSi/c1-13(2)10(7-5-8-11)6-3-4-9-12-10/h13H,3-9,11H2,1-2H3. The predicted octanol–water partition coefficient (Wildman–Crippen LogP) is 1.69. The molecule has 13 heavy (non-hydrogen) atoms. The van der Waals surface area contributed by atoms with Crippen LogP contribution >= 0.6 is 0 Å². The maximum Gasteiger partial charge on any atom is 0.0695 e. The SMILES string of the molecule is C[SiH](C)C1(CCCN)CCCCO1. The van der Waals surface area contributed by atoms with Gasteiger partial charge in [-0.1, -0.05) is 13.1 Å². The van der Waals surface area contributed by atoms with Crippen LogP contribution in [-0.2, 0) is 4.74 Å². The third-order valence-corrected chi connectivity index (χ3v) is 6.09. The summed E-state index contributed by atoms with van der Waals surface area (Å²) in [6, 6.07) is 0. The molecular formula is C10H23NOSi. The summed E-state index contributed by atoms with van der Waals surface area (Å²) in [5.74, 6) is 0. The Morgan fingerprint density at radius 1 is 1.38 bits per heavy atom. The Morgan fingerprint density at radius 2 is 2.15 bits per heavy atom. The van der Waals surface area contributed by atoms with Crippen LogP contribution in [0.4, 0.5) is 0 Å². The molecule has 1 rings (SSSR count). The molecule has 78 valence electrons. The molecule has 0 radical (unpaired) electrons. The third-order valence-electron chi connectivity index (χ3n) is 3.24. The second-order valence-electron chi connectivity index (χ2n) is 4.42. The van der Waals surface area contributed by atoms with E-state index in [0.29, 0.717) is 0 Å². The first-order valence-electron chi connectivity index (χ1n) is 5.55. The summed E-state index contributed by atoms with van der Waals surface area (Å²) in [7, 11) is -0.697. The molecule has 0 aromatic carbocycles. The molecule has 0 spiro atoms. The minimum Gasteiger partial charge on any atom is -0.379 e. The molecule has 1 atom stereocenters. The van der Waals surface area contributed by atoms with Crippen LogP contribution in [0.3, 0.4) is 0 Å². The van der Waals surface area contributed by atoms with E-state index in [1.54, 1.807) is 0 Å². The average Bonchev–Trinajstić information content (AvgIpc) is 2.16. The minimum absolute atomic E-state index is 0.289. The van der Waals surface area contributed by atoms with Crippen molar-refractivity contribution < 1.29 is 4.74 Å². The van der Waals surface area contributed by atoms with E-state index < -0.39 is 8.80 Å². The number of hydrogen-bond acceptors (Lipinski definition) is 2. The van der Waals surface area contributed by atoms with Gasteiger partial charge in [0.2, 0.25) is 0 Å². The molecule has 1 aliphatic rings. The highest BCUT2D eigenvalue weighted by molar-refractivity contribution is 6.59. The molecular weight excluding hydrogens is 178 g/mol. The summed E-state index contributed by atoms with van der Waals surface area (Å²) in [6.07, 6.45) is 6.23. The van der Waals surface area contributed by atoms with Crippen LogP contribution in [0.5, 0.6) is 0 Å². The lowest BCUT2D eigenvalue weighted by molar-refractivity contribution is -0.0285. The minimum atomic E-state index is -0.697. The lowest BCUT2D eigenvalue weighted by atomic mass is 10.0. The molecule has 1 heterocycles. The highest BCUT2D eigenvalue weighted by Gasteiger charge is 2.36. The highest BCUT2D eigenvalue weighted by atomic mass is 28.3. The molecule has 2 N–H and O–H groups in total. The maximum absolute atomic E-state index is 6.04. The zero-order valence-corrected chi connectivity index (χ0v) is 10.2. The smallest absolute Gasteiger partial charge is 0.0695 e. The molecule has 0 aromatic rings. The van der Waals surface area contributed by atoms with E-state index >= 15 is 0 Å². The Hall–Kier alpha value is 0.137. The second-order valence-corrected chi connectivity index (χ2v) is 7.78. The second kappa shape index (κ2) is 5.13. The molecule has 1 unspecified atom stereocenters.